The molecule has 3 rings (SSSR count). The van der Waals surface area contributed by atoms with Gasteiger partial charge in [0.25, 0.3) is 10.0 Å². The van der Waals surface area contributed by atoms with Crippen LogP contribution in [0.2, 0.25) is 0 Å². The number of hydrogen-bond acceptors (Lipinski definition) is 6. The van der Waals surface area contributed by atoms with E-state index in [0.717, 1.165) is 6.07 Å². The van der Waals surface area contributed by atoms with Crippen LogP contribution in [0.4, 0.5) is 5.69 Å². The van der Waals surface area contributed by atoms with Crippen molar-refractivity contribution in [2.24, 2.45) is 0 Å². The summed E-state index contributed by atoms with van der Waals surface area (Å²) in [6.07, 6.45) is 4.32. The second-order valence-electron chi connectivity index (χ2n) is 5.22. The number of hydrogen-bond donors (Lipinski definition) is 2. The largest absolute Gasteiger partial charge is 0.468 e. The second-order valence-corrected chi connectivity index (χ2v) is 8.67. The number of nitrogens with one attached hydrogen (secondary N) is 2. The minimum Gasteiger partial charge on any atom is -0.468 e. The molecule has 0 bridgehead atoms. The number of pyridine rings is 1. The lowest BCUT2D eigenvalue weighted by Gasteiger charge is -2.10. The molecule has 2 heterocycles. The molecule has 0 aliphatic carbocycles. The first-order chi connectivity index (χ1) is 12.4. The smallest absolute Gasteiger partial charge is 0.261 e. The highest BCUT2D eigenvalue weighted by Crippen LogP contribution is 2.19. The molecule has 2 N–H and O–H groups in total. The average molecular weight is 393 g/mol. The van der Waals surface area contributed by atoms with Crippen LogP contribution in [0.3, 0.4) is 0 Å². The number of benzene rings is 1. The predicted octanol–water partition coefficient (Wildman–Crippen LogP) is 1.95. The van der Waals surface area contributed by atoms with Crippen LogP contribution < -0.4 is 9.44 Å². The van der Waals surface area contributed by atoms with Crippen molar-refractivity contribution < 1.29 is 21.3 Å². The zero-order valence-electron chi connectivity index (χ0n) is 13.4. The maximum Gasteiger partial charge on any atom is 0.261 e. The van der Waals surface area contributed by atoms with Gasteiger partial charge in [0.1, 0.15) is 5.76 Å². The third kappa shape index (κ3) is 4.28. The van der Waals surface area contributed by atoms with Gasteiger partial charge in [-0.15, -0.1) is 0 Å². The van der Waals surface area contributed by atoms with Gasteiger partial charge in [0, 0.05) is 12.4 Å². The van der Waals surface area contributed by atoms with E-state index in [1.54, 1.807) is 12.1 Å². The number of sulfonamides is 2. The molecule has 10 heteroatoms. The Kier molecular flexibility index (Phi) is 5.07. The van der Waals surface area contributed by atoms with Crippen molar-refractivity contribution in [3.05, 3.63) is 72.9 Å². The summed E-state index contributed by atoms with van der Waals surface area (Å²) in [7, 11) is -7.85. The molecule has 0 aliphatic heterocycles. The highest BCUT2D eigenvalue weighted by atomic mass is 32.2. The van der Waals surface area contributed by atoms with Crippen molar-refractivity contribution in [1.29, 1.82) is 0 Å². The Hall–Kier alpha value is -2.69. The van der Waals surface area contributed by atoms with E-state index in [4.69, 9.17) is 4.42 Å². The van der Waals surface area contributed by atoms with E-state index in [1.807, 2.05) is 0 Å². The van der Waals surface area contributed by atoms with E-state index in [-0.39, 0.29) is 16.3 Å². The van der Waals surface area contributed by atoms with Crippen molar-refractivity contribution in [1.82, 2.24) is 9.71 Å². The molecule has 0 radical (unpaired) electrons. The van der Waals surface area contributed by atoms with Crippen LogP contribution in [0.15, 0.2) is 81.4 Å². The van der Waals surface area contributed by atoms with Crippen molar-refractivity contribution in [3.63, 3.8) is 0 Å². The van der Waals surface area contributed by atoms with Gasteiger partial charge < -0.3 is 4.42 Å². The molecule has 0 fully saturated rings. The SMILES string of the molecule is O=S(=O)(NCc1ccco1)c1cccc(S(=O)(=O)Nc2ccncc2)c1. The Labute approximate surface area is 151 Å². The Balaban J connectivity index is 1.83. The van der Waals surface area contributed by atoms with Crippen molar-refractivity contribution >= 4 is 25.7 Å². The minimum absolute atomic E-state index is 0.0401. The van der Waals surface area contributed by atoms with E-state index >= 15 is 0 Å². The number of furan rings is 1. The van der Waals surface area contributed by atoms with Crippen molar-refractivity contribution in [3.8, 4) is 0 Å². The monoisotopic (exact) mass is 393 g/mol. The molecule has 2 aromatic heterocycles. The molecule has 26 heavy (non-hydrogen) atoms. The maximum atomic E-state index is 12.5. The predicted molar refractivity (Wildman–Crippen MR) is 94.2 cm³/mol. The summed E-state index contributed by atoms with van der Waals surface area (Å²) in [6, 6.07) is 11.3. The lowest BCUT2D eigenvalue weighted by atomic mass is 10.4. The van der Waals surface area contributed by atoms with E-state index in [2.05, 4.69) is 14.4 Å². The van der Waals surface area contributed by atoms with Gasteiger partial charge in [0.05, 0.1) is 28.3 Å². The summed E-state index contributed by atoms with van der Waals surface area (Å²) in [5.41, 5.74) is 0.323. The quantitative estimate of drug-likeness (QED) is 0.633. The molecule has 0 saturated heterocycles. The number of aromatic nitrogens is 1. The standard InChI is InChI=1S/C16H15N3O5S2/c20-25(21,18-12-14-3-2-10-24-14)15-4-1-5-16(11-15)26(22,23)19-13-6-8-17-9-7-13/h1-11,18H,12H2,(H,17,19). The lowest BCUT2D eigenvalue weighted by molar-refractivity contribution is 0.498. The summed E-state index contributed by atoms with van der Waals surface area (Å²) in [5.74, 6) is 0.441. The van der Waals surface area contributed by atoms with Gasteiger partial charge in [-0.1, -0.05) is 6.07 Å². The Morgan fingerprint density at radius 1 is 0.885 bits per heavy atom. The topological polar surface area (TPSA) is 118 Å². The van der Waals surface area contributed by atoms with Crippen LogP contribution in [-0.4, -0.2) is 21.8 Å². The summed E-state index contributed by atoms with van der Waals surface area (Å²) in [4.78, 5) is 3.47. The molecule has 0 spiro atoms. The highest BCUT2D eigenvalue weighted by Gasteiger charge is 2.20. The zero-order chi connectivity index (χ0) is 18.6. The molecule has 0 saturated carbocycles. The molecule has 3 aromatic rings. The van der Waals surface area contributed by atoms with Crippen LogP contribution >= 0.6 is 0 Å². The molecule has 0 unspecified atom stereocenters. The van der Waals surface area contributed by atoms with Gasteiger partial charge in [0.2, 0.25) is 10.0 Å². The molecule has 1 aromatic carbocycles. The van der Waals surface area contributed by atoms with E-state index in [0.29, 0.717) is 11.4 Å². The Morgan fingerprint density at radius 3 is 2.23 bits per heavy atom. The minimum atomic E-state index is -3.94. The first-order valence-electron chi connectivity index (χ1n) is 7.42. The molecule has 0 amide bonds. The highest BCUT2D eigenvalue weighted by molar-refractivity contribution is 7.93. The fourth-order valence-corrected chi connectivity index (χ4v) is 4.32. The zero-order valence-corrected chi connectivity index (χ0v) is 15.0. The van der Waals surface area contributed by atoms with Crippen molar-refractivity contribution in [2.75, 3.05) is 4.72 Å². The fraction of sp³-hybridized carbons (Fsp3) is 0.0625. The number of rotatable bonds is 7. The second kappa shape index (κ2) is 7.28. The Morgan fingerprint density at radius 2 is 1.58 bits per heavy atom. The number of anilines is 1. The lowest BCUT2D eigenvalue weighted by Crippen LogP contribution is -2.23. The van der Waals surface area contributed by atoms with E-state index in [9.17, 15) is 16.8 Å². The normalized spacial score (nSPS) is 12.0. The third-order valence-corrected chi connectivity index (χ3v) is 6.15. The summed E-state index contributed by atoms with van der Waals surface area (Å²) < 4.78 is 59.5. The molecule has 0 atom stereocenters. The average Bonchev–Trinajstić information content (AvgIpc) is 3.14. The molecule has 0 aliphatic rings. The third-order valence-electron chi connectivity index (χ3n) is 3.38. The van der Waals surface area contributed by atoms with E-state index < -0.39 is 20.0 Å². The van der Waals surface area contributed by atoms with Crippen LogP contribution in [0.25, 0.3) is 0 Å². The summed E-state index contributed by atoms with van der Waals surface area (Å²) >= 11 is 0. The van der Waals surface area contributed by atoms with Crippen LogP contribution in [0.5, 0.6) is 0 Å². The summed E-state index contributed by atoms with van der Waals surface area (Å²) in [5, 5.41) is 0. The summed E-state index contributed by atoms with van der Waals surface area (Å²) in [6.45, 7) is -0.0401. The maximum absolute atomic E-state index is 12.5. The molecule has 136 valence electrons. The first kappa shape index (κ1) is 18.1. The van der Waals surface area contributed by atoms with E-state index in [1.165, 1.54) is 49.0 Å². The molecular formula is C16H15N3O5S2. The fourth-order valence-electron chi connectivity index (χ4n) is 2.11. The van der Waals surface area contributed by atoms with Crippen LogP contribution in [0, 0.1) is 0 Å². The van der Waals surface area contributed by atoms with Crippen molar-refractivity contribution in [2.45, 2.75) is 16.3 Å². The van der Waals surface area contributed by atoms with Gasteiger partial charge in [-0.3, -0.25) is 9.71 Å². The molecule has 8 nitrogen and oxygen atoms in total. The van der Waals surface area contributed by atoms with Gasteiger partial charge in [-0.25, -0.2) is 21.6 Å². The van der Waals surface area contributed by atoms with Crippen LogP contribution in [-0.2, 0) is 26.6 Å². The first-order valence-corrected chi connectivity index (χ1v) is 10.4. The van der Waals surface area contributed by atoms with Gasteiger partial charge >= 0.3 is 0 Å². The number of nitrogens with zero attached hydrogens (tertiary/aromatic N) is 1. The van der Waals surface area contributed by atoms with Gasteiger partial charge in [0.15, 0.2) is 0 Å². The molecular weight excluding hydrogens is 378 g/mol. The Bertz CT molecular complexity index is 1080. The van der Waals surface area contributed by atoms with Gasteiger partial charge in [-0.2, -0.15) is 0 Å². The van der Waals surface area contributed by atoms with Gasteiger partial charge in [-0.05, 0) is 42.5 Å². The van der Waals surface area contributed by atoms with Crippen LogP contribution in [0.1, 0.15) is 5.76 Å².